The van der Waals surface area contributed by atoms with Crippen LogP contribution in [0.1, 0.15) is 18.5 Å². The summed E-state index contributed by atoms with van der Waals surface area (Å²) in [6.07, 6.45) is 8.70. The summed E-state index contributed by atoms with van der Waals surface area (Å²) in [6.45, 7) is 2.24. The molecule has 0 aliphatic heterocycles. The molecule has 1 aliphatic rings. The molecule has 2 atom stereocenters. The lowest BCUT2D eigenvalue weighted by Crippen LogP contribution is -2.11. The number of aromatic nitrogens is 4. The Kier molecular flexibility index (Phi) is 7.10. The fraction of sp³-hybridized carbons (Fsp3) is 0.0638. The minimum absolute atomic E-state index is 0.142. The molecule has 3 aromatic heterocycles. The van der Waals surface area contributed by atoms with E-state index in [1.807, 2.05) is 36.4 Å². The van der Waals surface area contributed by atoms with Gasteiger partial charge in [-0.3, -0.25) is 0 Å². The molecule has 5 heteroatoms. The molecule has 2 unspecified atom stereocenters. The zero-order valence-electron chi connectivity index (χ0n) is 28.4. The van der Waals surface area contributed by atoms with Gasteiger partial charge in [0.2, 0.25) is 0 Å². The van der Waals surface area contributed by atoms with E-state index >= 15 is 0 Å². The second-order valence-corrected chi connectivity index (χ2v) is 13.5. The van der Waals surface area contributed by atoms with Gasteiger partial charge >= 0.3 is 0 Å². The zero-order chi connectivity index (χ0) is 34.6. The lowest BCUT2D eigenvalue weighted by atomic mass is 9.86. The van der Waals surface area contributed by atoms with Crippen LogP contribution in [0, 0.1) is 5.92 Å². The summed E-state index contributed by atoms with van der Waals surface area (Å²) in [7, 11) is 0. The second kappa shape index (κ2) is 12.3. The topological polar surface area (TPSA) is 64.7 Å². The van der Waals surface area contributed by atoms with Crippen molar-refractivity contribution in [2.24, 2.45) is 5.92 Å². The normalized spacial score (nSPS) is 15.6. The quantitative estimate of drug-likeness (QED) is 0.183. The maximum absolute atomic E-state index is 6.74. The van der Waals surface area contributed by atoms with Crippen molar-refractivity contribution in [1.82, 2.24) is 19.9 Å². The monoisotopic (exact) mass is 668 g/mol. The number of fused-ring (bicyclic) bond motifs is 5. The van der Waals surface area contributed by atoms with E-state index in [4.69, 9.17) is 24.4 Å². The van der Waals surface area contributed by atoms with E-state index in [0.29, 0.717) is 17.6 Å². The fourth-order valence-corrected chi connectivity index (χ4v) is 7.56. The first-order valence-electron chi connectivity index (χ1n) is 17.7. The highest BCUT2D eigenvalue weighted by atomic mass is 16.3. The number of allylic oxidation sites excluding steroid dienone is 4. The van der Waals surface area contributed by atoms with Crippen LogP contribution in [0.15, 0.2) is 168 Å². The Morgan fingerprint density at radius 1 is 0.538 bits per heavy atom. The van der Waals surface area contributed by atoms with Gasteiger partial charge in [-0.05, 0) is 47.0 Å². The number of nitrogens with zero attached hydrogens (tertiary/aromatic N) is 4. The first-order chi connectivity index (χ1) is 25.7. The smallest absolute Gasteiger partial charge is 0.164 e. The van der Waals surface area contributed by atoms with E-state index in [-0.39, 0.29) is 5.92 Å². The number of para-hydroxylation sites is 2. The summed E-state index contributed by atoms with van der Waals surface area (Å²) < 4.78 is 6.74. The molecule has 3 heterocycles. The molecule has 0 saturated carbocycles. The summed E-state index contributed by atoms with van der Waals surface area (Å²) in [5.74, 6) is 1.74. The SMILES string of the molecule is CC1C=CC=CC1c1cc(-c2ccccc2)nc(-c2cccc3oc4c(-c5nc(-c6ccc7ccccc7c6)c6ccccc6n5)cccc4c23)n1. The van der Waals surface area contributed by atoms with Crippen LogP contribution in [0.5, 0.6) is 0 Å². The molecule has 10 rings (SSSR count). The number of hydrogen-bond acceptors (Lipinski definition) is 5. The largest absolute Gasteiger partial charge is 0.455 e. The van der Waals surface area contributed by atoms with E-state index < -0.39 is 0 Å². The molecule has 246 valence electrons. The summed E-state index contributed by atoms with van der Waals surface area (Å²) >= 11 is 0. The Morgan fingerprint density at radius 2 is 1.29 bits per heavy atom. The van der Waals surface area contributed by atoms with Crippen molar-refractivity contribution in [2.45, 2.75) is 12.8 Å². The van der Waals surface area contributed by atoms with Gasteiger partial charge in [0.1, 0.15) is 11.2 Å². The van der Waals surface area contributed by atoms with Crippen molar-refractivity contribution in [3.05, 3.63) is 170 Å². The second-order valence-electron chi connectivity index (χ2n) is 13.5. The molecular formula is C47H32N4O. The van der Waals surface area contributed by atoms with Crippen LogP contribution in [0.2, 0.25) is 0 Å². The van der Waals surface area contributed by atoms with Gasteiger partial charge in [0.15, 0.2) is 11.6 Å². The zero-order valence-corrected chi connectivity index (χ0v) is 28.4. The van der Waals surface area contributed by atoms with Crippen LogP contribution in [-0.4, -0.2) is 19.9 Å². The standard InChI is InChI=1S/C47H32N4O/c1-29-13-5-8-18-34(29)41-28-40(31-15-3-2-4-16-31)49-46(50-41)37-21-12-24-42-43(37)36-20-11-22-38(45(36)52-42)47-48-39-23-10-9-19-35(39)44(51-47)33-26-25-30-14-6-7-17-32(30)27-33/h2-29,34H,1H3. The Hall–Kier alpha value is -6.72. The van der Waals surface area contributed by atoms with E-state index in [1.165, 1.54) is 10.8 Å². The maximum atomic E-state index is 6.74. The van der Waals surface area contributed by atoms with Crippen molar-refractivity contribution in [3.63, 3.8) is 0 Å². The van der Waals surface area contributed by atoms with E-state index in [2.05, 4.69) is 134 Å². The van der Waals surface area contributed by atoms with Crippen molar-refractivity contribution in [1.29, 1.82) is 0 Å². The van der Waals surface area contributed by atoms with Gasteiger partial charge in [-0.1, -0.05) is 140 Å². The van der Waals surface area contributed by atoms with Crippen LogP contribution in [-0.2, 0) is 0 Å². The molecular weight excluding hydrogens is 637 g/mol. The Labute approximate surface area is 300 Å². The number of hydrogen-bond donors (Lipinski definition) is 0. The molecule has 0 N–H and O–H groups in total. The lowest BCUT2D eigenvalue weighted by molar-refractivity contribution is 0.619. The van der Waals surface area contributed by atoms with Crippen LogP contribution in [0.4, 0.5) is 0 Å². The Bertz CT molecular complexity index is 2890. The highest BCUT2D eigenvalue weighted by Gasteiger charge is 2.23. The molecule has 52 heavy (non-hydrogen) atoms. The Balaban J connectivity index is 1.17. The minimum atomic E-state index is 0.142. The van der Waals surface area contributed by atoms with Crippen molar-refractivity contribution < 1.29 is 4.42 Å². The molecule has 1 aliphatic carbocycles. The molecule has 0 amide bonds. The van der Waals surface area contributed by atoms with Gasteiger partial charge in [0, 0.05) is 38.8 Å². The fourth-order valence-electron chi connectivity index (χ4n) is 7.56. The van der Waals surface area contributed by atoms with E-state index in [0.717, 1.165) is 72.2 Å². The van der Waals surface area contributed by atoms with Crippen molar-refractivity contribution in [2.75, 3.05) is 0 Å². The molecule has 0 bridgehead atoms. The first-order valence-corrected chi connectivity index (χ1v) is 17.7. The van der Waals surface area contributed by atoms with Crippen molar-refractivity contribution >= 4 is 43.6 Å². The van der Waals surface area contributed by atoms with Gasteiger partial charge in [0.05, 0.1) is 28.2 Å². The third-order valence-corrected chi connectivity index (χ3v) is 10.2. The summed E-state index contributed by atoms with van der Waals surface area (Å²) in [6, 6.07) is 48.0. The number of benzene rings is 6. The molecule has 0 saturated heterocycles. The summed E-state index contributed by atoms with van der Waals surface area (Å²) in [5, 5.41) is 5.31. The number of rotatable bonds is 5. The van der Waals surface area contributed by atoms with Gasteiger partial charge in [-0.15, -0.1) is 0 Å². The van der Waals surface area contributed by atoms with Crippen LogP contribution in [0.3, 0.4) is 0 Å². The molecule has 5 nitrogen and oxygen atoms in total. The van der Waals surface area contributed by atoms with Gasteiger partial charge in [-0.25, -0.2) is 19.9 Å². The molecule has 6 aromatic carbocycles. The number of furan rings is 1. The lowest BCUT2D eigenvalue weighted by Gasteiger charge is -2.21. The average molecular weight is 669 g/mol. The molecule has 0 radical (unpaired) electrons. The molecule has 0 spiro atoms. The third kappa shape index (κ3) is 5.09. The molecule has 0 fully saturated rings. The van der Waals surface area contributed by atoms with E-state index in [1.54, 1.807) is 0 Å². The van der Waals surface area contributed by atoms with Crippen molar-refractivity contribution in [3.8, 4) is 45.3 Å². The molecule has 9 aromatic rings. The summed E-state index contributed by atoms with van der Waals surface area (Å²) in [4.78, 5) is 20.8. The van der Waals surface area contributed by atoms with Crippen LogP contribution in [0.25, 0.3) is 88.9 Å². The first kappa shape index (κ1) is 30.1. The predicted octanol–water partition coefficient (Wildman–Crippen LogP) is 12.0. The summed E-state index contributed by atoms with van der Waals surface area (Å²) in [5.41, 5.74) is 9.01. The Morgan fingerprint density at radius 3 is 2.19 bits per heavy atom. The van der Waals surface area contributed by atoms with Gasteiger partial charge < -0.3 is 4.42 Å². The highest BCUT2D eigenvalue weighted by molar-refractivity contribution is 6.15. The third-order valence-electron chi connectivity index (χ3n) is 10.2. The predicted molar refractivity (Wildman–Crippen MR) is 212 cm³/mol. The van der Waals surface area contributed by atoms with E-state index in [9.17, 15) is 0 Å². The average Bonchev–Trinajstić information content (AvgIpc) is 3.60. The highest BCUT2D eigenvalue weighted by Crippen LogP contribution is 2.41. The van der Waals surface area contributed by atoms with Gasteiger partial charge in [0.25, 0.3) is 0 Å². The van der Waals surface area contributed by atoms with Gasteiger partial charge in [-0.2, -0.15) is 0 Å². The maximum Gasteiger partial charge on any atom is 0.164 e. The van der Waals surface area contributed by atoms with Crippen LogP contribution < -0.4 is 0 Å². The minimum Gasteiger partial charge on any atom is -0.455 e. The van der Waals surface area contributed by atoms with Crippen LogP contribution >= 0.6 is 0 Å².